The van der Waals surface area contributed by atoms with Crippen LogP contribution in [0.2, 0.25) is 0 Å². The Labute approximate surface area is 158 Å². The summed E-state index contributed by atoms with van der Waals surface area (Å²) < 4.78 is 37.0. The highest BCUT2D eigenvalue weighted by Crippen LogP contribution is 2.38. The van der Waals surface area contributed by atoms with Gasteiger partial charge in [0.15, 0.2) is 15.0 Å². The highest BCUT2D eigenvalue weighted by Gasteiger charge is 2.48. The number of hydrogen-bond acceptors (Lipinski definition) is 4. The first-order valence-corrected chi connectivity index (χ1v) is 11.4. The summed E-state index contributed by atoms with van der Waals surface area (Å²) in [4.78, 5) is 18.4. The van der Waals surface area contributed by atoms with E-state index in [1.807, 2.05) is 18.7 Å². The molecule has 2 aliphatic rings. The van der Waals surface area contributed by atoms with E-state index in [0.717, 1.165) is 5.56 Å². The van der Waals surface area contributed by atoms with Gasteiger partial charge in [-0.15, -0.1) is 0 Å². The number of sulfone groups is 1. The standard InChI is InChI=1S/C18H23FN2O3S2/c1-12(2)9-17(22)20-18-21(8-7-13-3-5-14(19)6-4-13)15-10-26(23,24)11-16(15)25-18/h3-6,12,15-16H,7-11H2,1-2H3. The third kappa shape index (κ3) is 4.65. The van der Waals surface area contributed by atoms with Crippen LogP contribution < -0.4 is 0 Å². The number of benzene rings is 1. The van der Waals surface area contributed by atoms with Crippen LogP contribution in [0.5, 0.6) is 0 Å². The van der Waals surface area contributed by atoms with Gasteiger partial charge in [-0.1, -0.05) is 37.7 Å². The van der Waals surface area contributed by atoms with E-state index < -0.39 is 9.84 Å². The Morgan fingerprint density at radius 2 is 2.00 bits per heavy atom. The van der Waals surface area contributed by atoms with Gasteiger partial charge in [0.25, 0.3) is 0 Å². The predicted molar refractivity (Wildman–Crippen MR) is 103 cm³/mol. The van der Waals surface area contributed by atoms with Crippen molar-refractivity contribution in [2.45, 2.75) is 38.0 Å². The van der Waals surface area contributed by atoms with Crippen LogP contribution in [-0.4, -0.2) is 53.7 Å². The fourth-order valence-electron chi connectivity index (χ4n) is 3.30. The molecule has 26 heavy (non-hydrogen) atoms. The van der Waals surface area contributed by atoms with Crippen molar-refractivity contribution in [1.82, 2.24) is 4.90 Å². The summed E-state index contributed by atoms with van der Waals surface area (Å²) in [5, 5.41) is 0.557. The zero-order chi connectivity index (χ0) is 18.9. The average molecular weight is 399 g/mol. The molecule has 0 radical (unpaired) electrons. The molecule has 2 unspecified atom stereocenters. The monoisotopic (exact) mass is 398 g/mol. The molecule has 8 heteroatoms. The fourth-order valence-corrected chi connectivity index (χ4v) is 7.29. The number of thioether (sulfide) groups is 1. The Morgan fingerprint density at radius 3 is 2.65 bits per heavy atom. The van der Waals surface area contributed by atoms with Gasteiger partial charge < -0.3 is 4.90 Å². The maximum Gasteiger partial charge on any atom is 0.248 e. The number of hydrogen-bond donors (Lipinski definition) is 0. The summed E-state index contributed by atoms with van der Waals surface area (Å²) >= 11 is 1.40. The minimum absolute atomic E-state index is 0.0705. The maximum absolute atomic E-state index is 13.1. The molecule has 0 bridgehead atoms. The van der Waals surface area contributed by atoms with Gasteiger partial charge in [0.2, 0.25) is 5.91 Å². The molecule has 0 saturated carbocycles. The van der Waals surface area contributed by atoms with Crippen molar-refractivity contribution in [1.29, 1.82) is 0 Å². The number of carbonyl (C=O) groups is 1. The SMILES string of the molecule is CC(C)CC(=O)N=C1SC2CS(=O)(=O)CC2N1CCc1ccc(F)cc1. The molecule has 1 amide bonds. The summed E-state index contributed by atoms with van der Waals surface area (Å²) in [6, 6.07) is 6.14. The van der Waals surface area contributed by atoms with Crippen molar-refractivity contribution < 1.29 is 17.6 Å². The molecule has 5 nitrogen and oxygen atoms in total. The van der Waals surface area contributed by atoms with Gasteiger partial charge in [0, 0.05) is 18.2 Å². The highest BCUT2D eigenvalue weighted by molar-refractivity contribution is 8.15. The largest absolute Gasteiger partial charge is 0.346 e. The second kappa shape index (κ2) is 7.68. The Hall–Kier alpha value is -1.41. The molecule has 1 aromatic rings. The third-order valence-corrected chi connectivity index (χ3v) is 7.78. The molecule has 0 N–H and O–H groups in total. The fraction of sp³-hybridized carbons (Fsp3) is 0.556. The lowest BCUT2D eigenvalue weighted by Crippen LogP contribution is -2.39. The maximum atomic E-state index is 13.1. The molecule has 2 saturated heterocycles. The number of fused-ring (bicyclic) bond motifs is 1. The topological polar surface area (TPSA) is 66.8 Å². The summed E-state index contributed by atoms with van der Waals surface area (Å²) in [6.07, 6.45) is 1.02. The van der Waals surface area contributed by atoms with Crippen LogP contribution >= 0.6 is 11.8 Å². The third-order valence-electron chi connectivity index (χ3n) is 4.53. The number of aliphatic imine (C=N–C) groups is 1. The first-order chi connectivity index (χ1) is 12.2. The molecule has 1 aromatic carbocycles. The lowest BCUT2D eigenvalue weighted by molar-refractivity contribution is -0.118. The smallest absolute Gasteiger partial charge is 0.248 e. The number of halogens is 1. The molecular formula is C18H23FN2O3S2. The van der Waals surface area contributed by atoms with E-state index in [4.69, 9.17) is 0 Å². The molecule has 142 valence electrons. The summed E-state index contributed by atoms with van der Waals surface area (Å²) in [5.74, 6) is 0.00925. The van der Waals surface area contributed by atoms with E-state index in [1.165, 1.54) is 23.9 Å². The van der Waals surface area contributed by atoms with Crippen LogP contribution in [0.3, 0.4) is 0 Å². The number of carbonyl (C=O) groups excluding carboxylic acids is 1. The molecule has 0 spiro atoms. The van der Waals surface area contributed by atoms with Gasteiger partial charge in [0.05, 0.1) is 17.5 Å². The second-order valence-electron chi connectivity index (χ2n) is 7.26. The molecule has 2 fully saturated rings. The normalized spacial score (nSPS) is 25.8. The van der Waals surface area contributed by atoms with Gasteiger partial charge in [-0.05, 0) is 30.0 Å². The van der Waals surface area contributed by atoms with Crippen LogP contribution in [0, 0.1) is 11.7 Å². The van der Waals surface area contributed by atoms with Crippen LogP contribution in [0.1, 0.15) is 25.8 Å². The molecular weight excluding hydrogens is 375 g/mol. The number of nitrogens with zero attached hydrogens (tertiary/aromatic N) is 2. The molecule has 2 heterocycles. The van der Waals surface area contributed by atoms with Gasteiger partial charge in [-0.3, -0.25) is 4.79 Å². The van der Waals surface area contributed by atoms with Gasteiger partial charge in [-0.2, -0.15) is 4.99 Å². The van der Waals surface area contributed by atoms with Crippen LogP contribution in [-0.2, 0) is 21.1 Å². The quantitative estimate of drug-likeness (QED) is 0.762. The molecule has 2 atom stereocenters. The first kappa shape index (κ1) is 19.4. The van der Waals surface area contributed by atoms with Gasteiger partial charge in [-0.25, -0.2) is 12.8 Å². The van der Waals surface area contributed by atoms with E-state index in [9.17, 15) is 17.6 Å². The van der Waals surface area contributed by atoms with Crippen LogP contribution in [0.4, 0.5) is 4.39 Å². The highest BCUT2D eigenvalue weighted by atomic mass is 32.2. The van der Waals surface area contributed by atoms with Crippen molar-refractivity contribution in [3.63, 3.8) is 0 Å². The molecule has 3 rings (SSSR count). The number of rotatable bonds is 5. The molecule has 0 aliphatic carbocycles. The lowest BCUT2D eigenvalue weighted by Gasteiger charge is -2.24. The summed E-state index contributed by atoms with van der Waals surface area (Å²) in [7, 11) is -3.05. The Morgan fingerprint density at radius 1 is 1.31 bits per heavy atom. The van der Waals surface area contributed by atoms with E-state index in [2.05, 4.69) is 4.99 Å². The lowest BCUT2D eigenvalue weighted by atomic mass is 10.1. The predicted octanol–water partition coefficient (Wildman–Crippen LogP) is 2.51. The van der Waals surface area contributed by atoms with E-state index >= 15 is 0 Å². The van der Waals surface area contributed by atoms with Crippen molar-refractivity contribution in [2.24, 2.45) is 10.9 Å². The molecule has 0 aromatic heterocycles. The number of amides is 1. The van der Waals surface area contributed by atoms with Crippen molar-refractivity contribution in [2.75, 3.05) is 18.1 Å². The average Bonchev–Trinajstić information content (AvgIpc) is 2.97. The van der Waals surface area contributed by atoms with E-state index in [0.29, 0.717) is 24.6 Å². The van der Waals surface area contributed by atoms with Crippen molar-refractivity contribution in [3.8, 4) is 0 Å². The van der Waals surface area contributed by atoms with Crippen molar-refractivity contribution in [3.05, 3.63) is 35.6 Å². The first-order valence-electron chi connectivity index (χ1n) is 8.73. The van der Waals surface area contributed by atoms with Gasteiger partial charge >= 0.3 is 0 Å². The summed E-state index contributed by atoms with van der Waals surface area (Å²) in [5.41, 5.74) is 0.966. The van der Waals surface area contributed by atoms with Crippen LogP contribution in [0.15, 0.2) is 29.3 Å². The van der Waals surface area contributed by atoms with Crippen LogP contribution in [0.25, 0.3) is 0 Å². The zero-order valence-electron chi connectivity index (χ0n) is 14.9. The Balaban J connectivity index is 1.77. The minimum atomic E-state index is -3.05. The van der Waals surface area contributed by atoms with Crippen molar-refractivity contribution >= 4 is 32.7 Å². The Kier molecular flexibility index (Phi) is 5.72. The summed E-state index contributed by atoms with van der Waals surface area (Å²) in [6.45, 7) is 4.49. The zero-order valence-corrected chi connectivity index (χ0v) is 16.5. The Bertz CT molecular complexity index is 806. The minimum Gasteiger partial charge on any atom is -0.346 e. The van der Waals surface area contributed by atoms with E-state index in [-0.39, 0.29) is 40.4 Å². The second-order valence-corrected chi connectivity index (χ2v) is 10.6. The molecule has 2 aliphatic heterocycles. The number of amidine groups is 1. The van der Waals surface area contributed by atoms with Gasteiger partial charge in [0.1, 0.15) is 5.82 Å². The van der Waals surface area contributed by atoms with E-state index in [1.54, 1.807) is 12.1 Å².